The van der Waals surface area contributed by atoms with Crippen LogP contribution in [-0.2, 0) is 0 Å². The van der Waals surface area contributed by atoms with E-state index < -0.39 is 0 Å². The summed E-state index contributed by atoms with van der Waals surface area (Å²) in [5, 5.41) is 1.15. The summed E-state index contributed by atoms with van der Waals surface area (Å²) in [7, 11) is 0. The minimum absolute atomic E-state index is 0.0426. The number of benzene rings is 2. The van der Waals surface area contributed by atoms with Crippen LogP contribution >= 0.6 is 35.0 Å². The van der Waals surface area contributed by atoms with Gasteiger partial charge in [0.05, 0.1) is 0 Å². The second-order valence-electron chi connectivity index (χ2n) is 5.25. The van der Waals surface area contributed by atoms with Crippen LogP contribution in [0.15, 0.2) is 42.5 Å². The Hall–Kier alpha value is -1.16. The molecule has 0 N–H and O–H groups in total. The molecule has 1 aliphatic heterocycles. The summed E-state index contributed by atoms with van der Waals surface area (Å²) in [6, 6.07) is 13.1. The molecule has 0 radical (unpaired) electrons. The van der Waals surface area contributed by atoms with Gasteiger partial charge in [-0.25, -0.2) is 0 Å². The van der Waals surface area contributed by atoms with Gasteiger partial charge in [-0.2, -0.15) is 0 Å². The van der Waals surface area contributed by atoms with E-state index in [-0.39, 0.29) is 11.3 Å². The molecule has 114 valence electrons. The molecule has 1 fully saturated rings. The van der Waals surface area contributed by atoms with Crippen molar-refractivity contribution < 1.29 is 4.79 Å². The number of carbonyl (C=O) groups excluding carboxylic acids is 1. The number of hydrogen-bond donors (Lipinski definition) is 0. The third-order valence-corrected chi connectivity index (χ3v) is 5.48. The molecule has 2 nitrogen and oxygen atoms in total. The molecule has 0 saturated carbocycles. The Kier molecular flexibility index (Phi) is 4.67. The second kappa shape index (κ2) is 6.53. The number of nitrogens with zero attached hydrogens (tertiary/aromatic N) is 1. The van der Waals surface area contributed by atoms with E-state index in [0.717, 1.165) is 23.4 Å². The zero-order valence-corrected chi connectivity index (χ0v) is 14.4. The van der Waals surface area contributed by atoms with Crippen LogP contribution in [0.4, 0.5) is 0 Å². The Morgan fingerprint density at radius 3 is 2.59 bits per heavy atom. The molecule has 2 aromatic rings. The minimum Gasteiger partial charge on any atom is -0.322 e. The SMILES string of the molecule is Cc1ccc(C(=O)N2CCS[C@@H]2c2ccc(Cl)cc2Cl)cc1. The van der Waals surface area contributed by atoms with Crippen LogP contribution in [0, 0.1) is 6.92 Å². The van der Waals surface area contributed by atoms with Crippen molar-refractivity contribution in [2.24, 2.45) is 0 Å². The molecule has 0 aliphatic carbocycles. The van der Waals surface area contributed by atoms with E-state index in [1.165, 1.54) is 0 Å². The van der Waals surface area contributed by atoms with Gasteiger partial charge in [0.15, 0.2) is 0 Å². The highest BCUT2D eigenvalue weighted by Crippen LogP contribution is 2.42. The van der Waals surface area contributed by atoms with Gasteiger partial charge in [0.1, 0.15) is 5.37 Å². The molecular weight excluding hydrogens is 337 g/mol. The third kappa shape index (κ3) is 3.12. The van der Waals surface area contributed by atoms with Gasteiger partial charge in [0.2, 0.25) is 0 Å². The zero-order chi connectivity index (χ0) is 15.7. The van der Waals surface area contributed by atoms with Crippen molar-refractivity contribution in [1.29, 1.82) is 0 Å². The Labute approximate surface area is 144 Å². The Balaban J connectivity index is 1.89. The van der Waals surface area contributed by atoms with Gasteiger partial charge in [-0.05, 0) is 31.2 Å². The second-order valence-corrected chi connectivity index (χ2v) is 7.29. The lowest BCUT2D eigenvalue weighted by atomic mass is 10.1. The van der Waals surface area contributed by atoms with E-state index in [2.05, 4.69) is 0 Å². The van der Waals surface area contributed by atoms with Crippen LogP contribution in [0.3, 0.4) is 0 Å². The fourth-order valence-electron chi connectivity index (χ4n) is 2.50. The zero-order valence-electron chi connectivity index (χ0n) is 12.1. The number of halogens is 2. The lowest BCUT2D eigenvalue weighted by molar-refractivity contribution is 0.0760. The molecule has 1 saturated heterocycles. The van der Waals surface area contributed by atoms with Gasteiger partial charge in [-0.15, -0.1) is 11.8 Å². The van der Waals surface area contributed by atoms with Crippen LogP contribution < -0.4 is 0 Å². The summed E-state index contributed by atoms with van der Waals surface area (Å²) in [6.07, 6.45) is 0. The van der Waals surface area contributed by atoms with Crippen LogP contribution in [0.25, 0.3) is 0 Å². The first-order valence-corrected chi connectivity index (χ1v) is 8.81. The summed E-state index contributed by atoms with van der Waals surface area (Å²) in [4.78, 5) is 14.6. The molecule has 22 heavy (non-hydrogen) atoms. The molecule has 2 aromatic carbocycles. The first kappa shape index (κ1) is 15.7. The Morgan fingerprint density at radius 2 is 1.91 bits per heavy atom. The van der Waals surface area contributed by atoms with Crippen LogP contribution in [0.5, 0.6) is 0 Å². The van der Waals surface area contributed by atoms with Crippen LogP contribution in [0.1, 0.15) is 26.9 Å². The summed E-state index contributed by atoms with van der Waals surface area (Å²) in [6.45, 7) is 2.73. The van der Waals surface area contributed by atoms with Crippen molar-refractivity contribution in [2.45, 2.75) is 12.3 Å². The average molecular weight is 352 g/mol. The number of amides is 1. The van der Waals surface area contributed by atoms with Gasteiger partial charge in [-0.3, -0.25) is 4.79 Å². The number of thioether (sulfide) groups is 1. The van der Waals surface area contributed by atoms with E-state index in [4.69, 9.17) is 23.2 Å². The van der Waals surface area contributed by atoms with Gasteiger partial charge < -0.3 is 4.90 Å². The van der Waals surface area contributed by atoms with E-state index in [0.29, 0.717) is 15.6 Å². The van der Waals surface area contributed by atoms with Crippen molar-refractivity contribution >= 4 is 40.9 Å². The minimum atomic E-state index is -0.0569. The first-order valence-electron chi connectivity index (χ1n) is 7.00. The number of aryl methyl sites for hydroxylation is 1. The molecular formula is C17H15Cl2NOS. The maximum atomic E-state index is 12.8. The van der Waals surface area contributed by atoms with E-state index in [1.54, 1.807) is 17.8 Å². The summed E-state index contributed by atoms with van der Waals surface area (Å²) < 4.78 is 0. The fourth-order valence-corrected chi connectivity index (χ4v) is 4.37. The maximum absolute atomic E-state index is 12.8. The lowest BCUT2D eigenvalue weighted by Gasteiger charge is -2.25. The molecule has 5 heteroatoms. The molecule has 3 rings (SSSR count). The monoisotopic (exact) mass is 351 g/mol. The fraction of sp³-hybridized carbons (Fsp3) is 0.235. The van der Waals surface area contributed by atoms with Crippen LogP contribution in [-0.4, -0.2) is 23.1 Å². The Bertz CT molecular complexity index is 702. The topological polar surface area (TPSA) is 20.3 Å². The quantitative estimate of drug-likeness (QED) is 0.741. The molecule has 0 aromatic heterocycles. The van der Waals surface area contributed by atoms with Crippen molar-refractivity contribution in [3.05, 3.63) is 69.2 Å². The van der Waals surface area contributed by atoms with Crippen molar-refractivity contribution in [2.75, 3.05) is 12.3 Å². The smallest absolute Gasteiger partial charge is 0.255 e. The van der Waals surface area contributed by atoms with Gasteiger partial charge in [-0.1, -0.05) is 47.0 Å². The van der Waals surface area contributed by atoms with Crippen molar-refractivity contribution in [3.8, 4) is 0 Å². The molecule has 0 bridgehead atoms. The van der Waals surface area contributed by atoms with Gasteiger partial charge >= 0.3 is 0 Å². The van der Waals surface area contributed by atoms with Crippen molar-refractivity contribution in [3.63, 3.8) is 0 Å². The molecule has 1 aliphatic rings. The van der Waals surface area contributed by atoms with E-state index in [1.807, 2.05) is 48.2 Å². The number of carbonyl (C=O) groups is 1. The maximum Gasteiger partial charge on any atom is 0.255 e. The molecule has 1 amide bonds. The first-order chi connectivity index (χ1) is 10.6. The predicted octanol–water partition coefficient (Wildman–Crippen LogP) is 5.19. The average Bonchev–Trinajstić information content (AvgIpc) is 2.96. The van der Waals surface area contributed by atoms with Gasteiger partial charge in [0.25, 0.3) is 5.91 Å². The summed E-state index contributed by atoms with van der Waals surface area (Å²) >= 11 is 14.0. The highest BCUT2D eigenvalue weighted by molar-refractivity contribution is 7.99. The molecule has 1 heterocycles. The highest BCUT2D eigenvalue weighted by atomic mass is 35.5. The molecule has 0 spiro atoms. The van der Waals surface area contributed by atoms with E-state index >= 15 is 0 Å². The molecule has 1 atom stereocenters. The standard InChI is InChI=1S/C17H15Cl2NOS/c1-11-2-4-12(5-3-11)16(21)20-8-9-22-17(20)14-7-6-13(18)10-15(14)19/h2-7,10,17H,8-9H2,1H3/t17-/m1/s1. The summed E-state index contributed by atoms with van der Waals surface area (Å²) in [5.41, 5.74) is 2.79. The van der Waals surface area contributed by atoms with Gasteiger partial charge in [0, 0.05) is 33.5 Å². The van der Waals surface area contributed by atoms with Crippen LogP contribution in [0.2, 0.25) is 10.0 Å². The predicted molar refractivity (Wildman–Crippen MR) is 93.9 cm³/mol. The third-order valence-electron chi connectivity index (χ3n) is 3.68. The summed E-state index contributed by atoms with van der Waals surface area (Å²) in [5.74, 6) is 0.947. The number of hydrogen-bond acceptors (Lipinski definition) is 2. The van der Waals surface area contributed by atoms with E-state index in [9.17, 15) is 4.79 Å². The normalized spacial score (nSPS) is 17.8. The Morgan fingerprint density at radius 1 is 1.18 bits per heavy atom. The number of rotatable bonds is 2. The highest BCUT2D eigenvalue weighted by Gasteiger charge is 2.32. The largest absolute Gasteiger partial charge is 0.322 e. The molecule has 0 unspecified atom stereocenters. The lowest BCUT2D eigenvalue weighted by Crippen LogP contribution is -2.30. The van der Waals surface area contributed by atoms with Crippen molar-refractivity contribution in [1.82, 2.24) is 4.90 Å².